The molecule has 1 N–H and O–H groups in total. The molecule has 0 spiro atoms. The summed E-state index contributed by atoms with van der Waals surface area (Å²) in [6.45, 7) is 4.55. The predicted molar refractivity (Wildman–Crippen MR) is 76.1 cm³/mol. The van der Waals surface area contributed by atoms with Gasteiger partial charge in [0.15, 0.2) is 4.67 Å². The Labute approximate surface area is 126 Å². The van der Waals surface area contributed by atoms with Crippen molar-refractivity contribution in [1.29, 1.82) is 0 Å². The average Bonchev–Trinajstić information content (AvgIpc) is 2.77. The second-order valence-electron chi connectivity index (χ2n) is 5.51. The largest absolute Gasteiger partial charge is 0.481 e. The number of halogens is 1. The van der Waals surface area contributed by atoms with Crippen molar-refractivity contribution in [2.45, 2.75) is 32.7 Å². The molecule has 1 amide bonds. The minimum atomic E-state index is -0.885. The van der Waals surface area contributed by atoms with E-state index in [1.807, 2.05) is 13.8 Å². The van der Waals surface area contributed by atoms with Crippen molar-refractivity contribution in [3.05, 3.63) is 22.6 Å². The van der Waals surface area contributed by atoms with E-state index in [2.05, 4.69) is 15.9 Å². The third kappa shape index (κ3) is 3.06. The Morgan fingerprint density at radius 2 is 2.25 bits per heavy atom. The molecule has 2 rings (SSSR count). The van der Waals surface area contributed by atoms with Crippen molar-refractivity contribution in [2.75, 3.05) is 6.54 Å². The Balaban J connectivity index is 2.38. The van der Waals surface area contributed by atoms with Gasteiger partial charge in [0.05, 0.1) is 5.92 Å². The second-order valence-corrected chi connectivity index (χ2v) is 6.29. The predicted octanol–water partition coefficient (Wildman–Crippen LogP) is 3.06. The SMILES string of the molecule is CC(C)CN1C(=O)CCC(C(=O)O)C1c1ccc(Br)o1. The Kier molecular flexibility index (Phi) is 4.52. The van der Waals surface area contributed by atoms with Crippen molar-refractivity contribution in [3.8, 4) is 0 Å². The zero-order valence-corrected chi connectivity index (χ0v) is 13.1. The first-order chi connectivity index (χ1) is 9.40. The maximum Gasteiger partial charge on any atom is 0.309 e. The number of hydrogen-bond acceptors (Lipinski definition) is 3. The highest BCUT2D eigenvalue weighted by Crippen LogP contribution is 2.38. The molecule has 1 aliphatic heterocycles. The number of carboxylic acids is 1. The van der Waals surface area contributed by atoms with Crippen molar-refractivity contribution < 1.29 is 19.1 Å². The summed E-state index contributed by atoms with van der Waals surface area (Å²) >= 11 is 3.22. The fourth-order valence-electron chi connectivity index (χ4n) is 2.66. The fourth-order valence-corrected chi connectivity index (χ4v) is 2.98. The van der Waals surface area contributed by atoms with Crippen LogP contribution >= 0.6 is 15.9 Å². The van der Waals surface area contributed by atoms with Gasteiger partial charge in [0, 0.05) is 13.0 Å². The molecule has 0 saturated carbocycles. The Morgan fingerprint density at radius 1 is 1.55 bits per heavy atom. The lowest BCUT2D eigenvalue weighted by Crippen LogP contribution is -2.46. The van der Waals surface area contributed by atoms with E-state index >= 15 is 0 Å². The Hall–Kier alpha value is -1.30. The van der Waals surface area contributed by atoms with Crippen molar-refractivity contribution in [3.63, 3.8) is 0 Å². The first kappa shape index (κ1) is 15.1. The van der Waals surface area contributed by atoms with Crippen LogP contribution < -0.4 is 0 Å². The van der Waals surface area contributed by atoms with Gasteiger partial charge in [-0.05, 0) is 40.4 Å². The second kappa shape index (κ2) is 5.99. The van der Waals surface area contributed by atoms with Crippen LogP contribution in [0.15, 0.2) is 21.2 Å². The minimum Gasteiger partial charge on any atom is -0.481 e. The van der Waals surface area contributed by atoms with Gasteiger partial charge in [-0.2, -0.15) is 0 Å². The Bertz CT molecular complexity index is 511. The molecule has 1 aliphatic rings. The number of carboxylic acid groups (broad SMARTS) is 1. The molecule has 1 aromatic heterocycles. The summed E-state index contributed by atoms with van der Waals surface area (Å²) in [7, 11) is 0. The first-order valence-corrected chi connectivity index (χ1v) is 7.47. The first-order valence-electron chi connectivity index (χ1n) is 6.67. The van der Waals surface area contributed by atoms with Crippen LogP contribution in [-0.2, 0) is 9.59 Å². The zero-order chi connectivity index (χ0) is 14.9. The molecule has 1 saturated heterocycles. The molecule has 0 aliphatic carbocycles. The summed E-state index contributed by atoms with van der Waals surface area (Å²) in [6.07, 6.45) is 0.633. The summed E-state index contributed by atoms with van der Waals surface area (Å²) in [4.78, 5) is 25.3. The van der Waals surface area contributed by atoms with Gasteiger partial charge in [0.2, 0.25) is 5.91 Å². The lowest BCUT2D eigenvalue weighted by atomic mass is 9.86. The molecule has 110 valence electrons. The minimum absolute atomic E-state index is 0.00581. The van der Waals surface area contributed by atoms with Gasteiger partial charge in [-0.15, -0.1) is 0 Å². The van der Waals surface area contributed by atoms with Crippen LogP contribution in [-0.4, -0.2) is 28.4 Å². The topological polar surface area (TPSA) is 70.8 Å². The normalized spacial score (nSPS) is 23.4. The molecule has 2 atom stereocenters. The van der Waals surface area contributed by atoms with E-state index in [-0.39, 0.29) is 18.2 Å². The van der Waals surface area contributed by atoms with E-state index in [9.17, 15) is 14.7 Å². The third-order valence-corrected chi connectivity index (χ3v) is 3.90. The molecule has 0 aromatic carbocycles. The van der Waals surface area contributed by atoms with Crippen LogP contribution in [0, 0.1) is 11.8 Å². The van der Waals surface area contributed by atoms with E-state index in [0.29, 0.717) is 23.4 Å². The smallest absolute Gasteiger partial charge is 0.309 e. The highest BCUT2D eigenvalue weighted by Gasteiger charge is 2.42. The summed E-state index contributed by atoms with van der Waals surface area (Å²) < 4.78 is 6.06. The molecule has 2 heterocycles. The molecule has 2 unspecified atom stereocenters. The third-order valence-electron chi connectivity index (χ3n) is 3.47. The van der Waals surface area contributed by atoms with Gasteiger partial charge in [0.25, 0.3) is 0 Å². The molecule has 1 aromatic rings. The van der Waals surface area contributed by atoms with Gasteiger partial charge in [-0.25, -0.2) is 0 Å². The van der Waals surface area contributed by atoms with E-state index in [4.69, 9.17) is 4.42 Å². The molecule has 5 nitrogen and oxygen atoms in total. The maximum atomic E-state index is 12.2. The van der Waals surface area contributed by atoms with Gasteiger partial charge >= 0.3 is 5.97 Å². The van der Waals surface area contributed by atoms with Crippen LogP contribution in [0.5, 0.6) is 0 Å². The number of furan rings is 1. The summed E-state index contributed by atoms with van der Waals surface area (Å²) in [6, 6.07) is 2.93. The number of carbonyl (C=O) groups is 2. The number of likely N-dealkylation sites (tertiary alicyclic amines) is 1. The zero-order valence-electron chi connectivity index (χ0n) is 11.5. The number of aliphatic carboxylic acids is 1. The summed E-state index contributed by atoms with van der Waals surface area (Å²) in [5, 5.41) is 9.42. The quantitative estimate of drug-likeness (QED) is 0.911. The van der Waals surface area contributed by atoms with E-state index in [1.54, 1.807) is 17.0 Å². The summed E-state index contributed by atoms with van der Waals surface area (Å²) in [5.74, 6) is -0.715. The number of nitrogens with zero attached hydrogens (tertiary/aromatic N) is 1. The van der Waals surface area contributed by atoms with Crippen molar-refractivity contribution in [2.24, 2.45) is 11.8 Å². The molecular weight excluding hydrogens is 326 g/mol. The van der Waals surface area contributed by atoms with Crippen molar-refractivity contribution in [1.82, 2.24) is 4.90 Å². The lowest BCUT2D eigenvalue weighted by Gasteiger charge is -2.39. The average molecular weight is 344 g/mol. The van der Waals surface area contributed by atoms with E-state index in [0.717, 1.165) is 0 Å². The standard InChI is InChI=1S/C14H18BrNO4/c1-8(2)7-16-12(17)6-3-9(14(18)19)13(16)10-4-5-11(15)20-10/h4-5,8-9,13H,3,6-7H2,1-2H3,(H,18,19). The lowest BCUT2D eigenvalue weighted by molar-refractivity contribution is -0.153. The number of amides is 1. The summed E-state index contributed by atoms with van der Waals surface area (Å²) in [5.41, 5.74) is 0. The maximum absolute atomic E-state index is 12.2. The van der Waals surface area contributed by atoms with Crippen molar-refractivity contribution >= 4 is 27.8 Å². The van der Waals surface area contributed by atoms with E-state index in [1.165, 1.54) is 0 Å². The van der Waals surface area contributed by atoms with Crippen LogP contribution in [0.2, 0.25) is 0 Å². The number of hydrogen-bond donors (Lipinski definition) is 1. The van der Waals surface area contributed by atoms with Gasteiger partial charge < -0.3 is 14.4 Å². The van der Waals surface area contributed by atoms with Gasteiger partial charge in [-0.1, -0.05) is 13.8 Å². The van der Waals surface area contributed by atoms with Crippen LogP contribution in [0.4, 0.5) is 0 Å². The van der Waals surface area contributed by atoms with E-state index < -0.39 is 17.9 Å². The molecule has 1 fully saturated rings. The number of carbonyl (C=O) groups excluding carboxylic acids is 1. The molecular formula is C14H18BrNO4. The van der Waals surface area contributed by atoms with Gasteiger partial charge in [0.1, 0.15) is 11.8 Å². The molecule has 0 radical (unpaired) electrons. The Morgan fingerprint density at radius 3 is 2.75 bits per heavy atom. The van der Waals surface area contributed by atoms with Crippen LogP contribution in [0.25, 0.3) is 0 Å². The fraction of sp³-hybridized carbons (Fsp3) is 0.571. The van der Waals surface area contributed by atoms with Crippen LogP contribution in [0.1, 0.15) is 38.5 Å². The molecule has 0 bridgehead atoms. The number of piperidine rings is 1. The highest BCUT2D eigenvalue weighted by molar-refractivity contribution is 9.10. The molecule has 6 heteroatoms. The molecule has 20 heavy (non-hydrogen) atoms. The van der Waals surface area contributed by atoms with Gasteiger partial charge in [-0.3, -0.25) is 9.59 Å². The monoisotopic (exact) mass is 343 g/mol. The number of rotatable bonds is 4. The van der Waals surface area contributed by atoms with Crippen LogP contribution in [0.3, 0.4) is 0 Å². The highest BCUT2D eigenvalue weighted by atomic mass is 79.9.